The average molecular weight is 327 g/mol. The maximum absolute atomic E-state index is 12.3. The van der Waals surface area contributed by atoms with Crippen LogP contribution in [0.3, 0.4) is 0 Å². The number of aromatic nitrogens is 1. The number of benzene rings is 1. The van der Waals surface area contributed by atoms with Crippen molar-refractivity contribution >= 4 is 11.6 Å². The summed E-state index contributed by atoms with van der Waals surface area (Å²) in [5.41, 5.74) is 2.49. The number of hydrogen-bond acceptors (Lipinski definition) is 5. The zero-order valence-corrected chi connectivity index (χ0v) is 13.7. The van der Waals surface area contributed by atoms with Gasteiger partial charge in [-0.15, -0.1) is 0 Å². The zero-order valence-electron chi connectivity index (χ0n) is 13.7. The Morgan fingerprint density at radius 1 is 1.21 bits per heavy atom. The number of carbonyl (C=O) groups excluding carboxylic acids is 1. The van der Waals surface area contributed by atoms with Gasteiger partial charge in [0.1, 0.15) is 11.4 Å². The molecular weight excluding hydrogens is 306 g/mol. The van der Waals surface area contributed by atoms with Gasteiger partial charge in [-0.2, -0.15) is 0 Å². The van der Waals surface area contributed by atoms with Crippen LogP contribution in [0.5, 0.6) is 5.75 Å². The number of carbonyl (C=O) groups is 1. The van der Waals surface area contributed by atoms with Crippen molar-refractivity contribution in [2.24, 2.45) is 0 Å². The summed E-state index contributed by atoms with van der Waals surface area (Å²) in [4.78, 5) is 18.4. The van der Waals surface area contributed by atoms with Gasteiger partial charge in [0.25, 0.3) is 5.91 Å². The molecule has 6 nitrogen and oxygen atoms in total. The molecular formula is C18H21N3O3. The van der Waals surface area contributed by atoms with Gasteiger partial charge in [0, 0.05) is 19.6 Å². The topological polar surface area (TPSA) is 63.7 Å². The molecule has 0 spiro atoms. The molecule has 0 aliphatic carbocycles. The summed E-state index contributed by atoms with van der Waals surface area (Å²) in [6, 6.07) is 11.5. The second-order valence-electron chi connectivity index (χ2n) is 5.54. The van der Waals surface area contributed by atoms with Crippen LogP contribution in [0.25, 0.3) is 0 Å². The number of nitrogens with one attached hydrogen (secondary N) is 1. The van der Waals surface area contributed by atoms with Gasteiger partial charge >= 0.3 is 0 Å². The first-order chi connectivity index (χ1) is 11.8. The van der Waals surface area contributed by atoms with Crippen LogP contribution in [0.15, 0.2) is 42.6 Å². The molecule has 24 heavy (non-hydrogen) atoms. The van der Waals surface area contributed by atoms with E-state index in [-0.39, 0.29) is 5.91 Å². The van der Waals surface area contributed by atoms with Crippen molar-refractivity contribution in [2.45, 2.75) is 6.54 Å². The molecule has 0 unspecified atom stereocenters. The van der Waals surface area contributed by atoms with Crippen LogP contribution in [0.2, 0.25) is 0 Å². The molecule has 2 heterocycles. The second kappa shape index (κ2) is 7.79. The van der Waals surface area contributed by atoms with Gasteiger partial charge in [-0.1, -0.05) is 12.1 Å². The quantitative estimate of drug-likeness (QED) is 0.912. The van der Waals surface area contributed by atoms with E-state index in [0.29, 0.717) is 38.5 Å². The molecule has 1 saturated heterocycles. The van der Waals surface area contributed by atoms with Crippen LogP contribution in [0, 0.1) is 0 Å². The summed E-state index contributed by atoms with van der Waals surface area (Å²) in [6.07, 6.45) is 1.69. The van der Waals surface area contributed by atoms with E-state index in [0.717, 1.165) is 17.0 Å². The van der Waals surface area contributed by atoms with Crippen molar-refractivity contribution in [3.8, 4) is 5.75 Å². The van der Waals surface area contributed by atoms with Crippen LogP contribution in [0.4, 0.5) is 5.69 Å². The Bertz CT molecular complexity index is 665. The number of pyridine rings is 1. The van der Waals surface area contributed by atoms with Crippen LogP contribution >= 0.6 is 0 Å². The van der Waals surface area contributed by atoms with E-state index in [2.05, 4.69) is 10.3 Å². The molecule has 0 saturated carbocycles. The molecule has 0 radical (unpaired) electrons. The number of nitrogens with zero attached hydrogens (tertiary/aromatic N) is 2. The van der Waals surface area contributed by atoms with Gasteiger partial charge in [0.05, 0.1) is 32.2 Å². The van der Waals surface area contributed by atoms with Crippen LogP contribution < -0.4 is 10.1 Å². The molecule has 1 aromatic heterocycles. The fraction of sp³-hybridized carbons (Fsp3) is 0.333. The fourth-order valence-corrected chi connectivity index (χ4v) is 2.50. The first-order valence-corrected chi connectivity index (χ1v) is 7.96. The number of morpholine rings is 1. The standard InChI is InChI=1S/C18H21N3O3/c1-23-16-5-2-14(3-6-16)12-19-15-4-7-17(20-13-15)18(22)21-8-10-24-11-9-21/h2-7,13,19H,8-12H2,1H3. The van der Waals surface area contributed by atoms with Gasteiger partial charge in [-0.05, 0) is 29.8 Å². The molecule has 126 valence electrons. The Morgan fingerprint density at radius 2 is 1.96 bits per heavy atom. The molecule has 0 atom stereocenters. The van der Waals surface area contributed by atoms with Crippen molar-refractivity contribution < 1.29 is 14.3 Å². The van der Waals surface area contributed by atoms with Gasteiger partial charge in [0.15, 0.2) is 0 Å². The minimum atomic E-state index is -0.0417. The Labute approximate surface area is 141 Å². The van der Waals surface area contributed by atoms with E-state index in [1.54, 1.807) is 24.3 Å². The number of anilines is 1. The second-order valence-corrected chi connectivity index (χ2v) is 5.54. The van der Waals surface area contributed by atoms with Gasteiger partial charge in [-0.25, -0.2) is 4.98 Å². The molecule has 1 amide bonds. The maximum atomic E-state index is 12.3. The summed E-state index contributed by atoms with van der Waals surface area (Å²) in [5.74, 6) is 0.798. The highest BCUT2D eigenvalue weighted by Crippen LogP contribution is 2.14. The Balaban J connectivity index is 1.56. The summed E-state index contributed by atoms with van der Waals surface area (Å²) in [6.45, 7) is 3.11. The highest BCUT2D eigenvalue weighted by molar-refractivity contribution is 5.92. The van der Waals surface area contributed by atoms with Gasteiger partial charge in [-0.3, -0.25) is 4.79 Å². The first kappa shape index (κ1) is 16.3. The van der Waals surface area contributed by atoms with Crippen molar-refractivity contribution in [3.63, 3.8) is 0 Å². The van der Waals surface area contributed by atoms with Crippen molar-refractivity contribution in [2.75, 3.05) is 38.7 Å². The predicted octanol–water partition coefficient (Wildman–Crippen LogP) is 2.17. The number of rotatable bonds is 5. The zero-order chi connectivity index (χ0) is 16.8. The highest BCUT2D eigenvalue weighted by Gasteiger charge is 2.19. The average Bonchev–Trinajstić information content (AvgIpc) is 2.67. The lowest BCUT2D eigenvalue weighted by atomic mass is 10.2. The third kappa shape index (κ3) is 4.02. The Morgan fingerprint density at radius 3 is 2.58 bits per heavy atom. The summed E-state index contributed by atoms with van der Waals surface area (Å²) in [5, 5.41) is 3.30. The van der Waals surface area contributed by atoms with E-state index >= 15 is 0 Å². The minimum Gasteiger partial charge on any atom is -0.497 e. The molecule has 1 N–H and O–H groups in total. The molecule has 0 bridgehead atoms. The number of ether oxygens (including phenoxy) is 2. The van der Waals surface area contributed by atoms with Crippen molar-refractivity contribution in [1.82, 2.24) is 9.88 Å². The van der Waals surface area contributed by atoms with Crippen LogP contribution in [0.1, 0.15) is 16.1 Å². The first-order valence-electron chi connectivity index (χ1n) is 7.96. The van der Waals surface area contributed by atoms with Crippen LogP contribution in [-0.4, -0.2) is 49.2 Å². The molecule has 1 aliphatic rings. The lowest BCUT2D eigenvalue weighted by Gasteiger charge is -2.26. The monoisotopic (exact) mass is 327 g/mol. The summed E-state index contributed by atoms with van der Waals surface area (Å²) in [7, 11) is 1.65. The fourth-order valence-electron chi connectivity index (χ4n) is 2.50. The normalized spacial score (nSPS) is 14.3. The van der Waals surface area contributed by atoms with Crippen molar-refractivity contribution in [3.05, 3.63) is 53.9 Å². The Kier molecular flexibility index (Phi) is 5.28. The van der Waals surface area contributed by atoms with E-state index in [1.165, 1.54) is 0 Å². The van der Waals surface area contributed by atoms with E-state index in [1.807, 2.05) is 30.3 Å². The number of amides is 1. The molecule has 6 heteroatoms. The molecule has 2 aromatic rings. The Hall–Kier alpha value is -2.60. The molecule has 1 fully saturated rings. The molecule has 1 aliphatic heterocycles. The molecule has 3 rings (SSSR count). The third-order valence-corrected chi connectivity index (χ3v) is 3.94. The third-order valence-electron chi connectivity index (χ3n) is 3.94. The smallest absolute Gasteiger partial charge is 0.272 e. The largest absolute Gasteiger partial charge is 0.497 e. The van der Waals surface area contributed by atoms with Gasteiger partial charge < -0.3 is 19.7 Å². The van der Waals surface area contributed by atoms with E-state index < -0.39 is 0 Å². The number of methoxy groups -OCH3 is 1. The maximum Gasteiger partial charge on any atom is 0.272 e. The minimum absolute atomic E-state index is 0.0417. The summed E-state index contributed by atoms with van der Waals surface area (Å²) < 4.78 is 10.4. The van der Waals surface area contributed by atoms with Gasteiger partial charge in [0.2, 0.25) is 0 Å². The lowest BCUT2D eigenvalue weighted by molar-refractivity contribution is 0.0299. The van der Waals surface area contributed by atoms with Crippen LogP contribution in [-0.2, 0) is 11.3 Å². The lowest BCUT2D eigenvalue weighted by Crippen LogP contribution is -2.41. The van der Waals surface area contributed by atoms with Crippen molar-refractivity contribution in [1.29, 1.82) is 0 Å². The van der Waals surface area contributed by atoms with E-state index in [4.69, 9.17) is 9.47 Å². The predicted molar refractivity (Wildman–Crippen MR) is 91.3 cm³/mol. The van der Waals surface area contributed by atoms with E-state index in [9.17, 15) is 4.79 Å². The highest BCUT2D eigenvalue weighted by atomic mass is 16.5. The molecule has 1 aromatic carbocycles. The summed E-state index contributed by atoms with van der Waals surface area (Å²) >= 11 is 0. The number of hydrogen-bond donors (Lipinski definition) is 1. The SMILES string of the molecule is COc1ccc(CNc2ccc(C(=O)N3CCOCC3)nc2)cc1.